The van der Waals surface area contributed by atoms with E-state index in [0.717, 1.165) is 11.1 Å². The van der Waals surface area contributed by atoms with Crippen LogP contribution in [0.15, 0.2) is 53.3 Å². The Morgan fingerprint density at radius 3 is 2.50 bits per heavy atom. The van der Waals surface area contributed by atoms with Crippen LogP contribution in [0, 0.1) is 0 Å². The summed E-state index contributed by atoms with van der Waals surface area (Å²) in [4.78, 5) is 13.4. The second kappa shape index (κ2) is 6.61. The average Bonchev–Trinajstić information content (AvgIpc) is 3.23. The fraction of sp³-hybridized carbons (Fsp3) is 0.105. The minimum atomic E-state index is -0.136. The van der Waals surface area contributed by atoms with Crippen molar-refractivity contribution in [2.24, 2.45) is 0 Å². The van der Waals surface area contributed by atoms with E-state index < -0.39 is 0 Å². The molecule has 2 aromatic heterocycles. The van der Waals surface area contributed by atoms with Crippen LogP contribution in [0.4, 0.5) is 0 Å². The molecule has 0 aliphatic carbocycles. The van der Waals surface area contributed by atoms with Crippen LogP contribution in [0.2, 0.25) is 0 Å². The summed E-state index contributed by atoms with van der Waals surface area (Å²) in [6.07, 6.45) is 1.82. The lowest BCUT2D eigenvalue weighted by Gasteiger charge is -2.07. The first-order valence-corrected chi connectivity index (χ1v) is 8.70. The highest BCUT2D eigenvalue weighted by Gasteiger charge is 2.14. The molecular weight excluding hydrogens is 350 g/mol. The molecule has 0 aliphatic rings. The topological polar surface area (TPSA) is 65.7 Å². The van der Waals surface area contributed by atoms with Gasteiger partial charge in [0.2, 0.25) is 4.96 Å². The van der Waals surface area contributed by atoms with E-state index in [1.54, 1.807) is 18.6 Å². The van der Waals surface area contributed by atoms with Crippen LogP contribution < -0.4 is 19.6 Å². The van der Waals surface area contributed by atoms with Gasteiger partial charge in [-0.05, 0) is 23.8 Å². The Morgan fingerprint density at radius 2 is 1.77 bits per heavy atom. The molecule has 0 spiro atoms. The fourth-order valence-corrected chi connectivity index (χ4v) is 3.64. The molecule has 6 nitrogen and oxygen atoms in total. The van der Waals surface area contributed by atoms with Gasteiger partial charge in [0.05, 0.1) is 18.8 Å². The van der Waals surface area contributed by atoms with Crippen molar-refractivity contribution in [2.75, 3.05) is 14.2 Å². The van der Waals surface area contributed by atoms with Crippen molar-refractivity contribution in [1.82, 2.24) is 14.6 Å². The van der Waals surface area contributed by atoms with E-state index in [2.05, 4.69) is 10.2 Å². The highest BCUT2D eigenvalue weighted by atomic mass is 32.1. The number of methoxy groups -OCH3 is 2. The monoisotopic (exact) mass is 365 g/mol. The molecule has 0 saturated heterocycles. The number of nitrogens with zero attached hydrogens (tertiary/aromatic N) is 3. The Hall–Kier alpha value is -3.19. The number of hydrogen-bond donors (Lipinski definition) is 0. The van der Waals surface area contributed by atoms with Crippen LogP contribution in [0.3, 0.4) is 0 Å². The van der Waals surface area contributed by atoms with Crippen molar-refractivity contribution in [1.29, 1.82) is 0 Å². The van der Waals surface area contributed by atoms with E-state index in [1.165, 1.54) is 11.3 Å². The standard InChI is InChI=1S/C19H15N3O3S/c1-24-14-9-8-12(10-15(14)25-2)11-16-18(23)22-17(20-21-19(22)26-16)13-6-4-3-5-7-13/h3-11H,1-2H3/b16-11-. The van der Waals surface area contributed by atoms with Gasteiger partial charge in [0.25, 0.3) is 5.56 Å². The van der Waals surface area contributed by atoms with Gasteiger partial charge < -0.3 is 9.47 Å². The number of fused-ring (bicyclic) bond motifs is 1. The largest absolute Gasteiger partial charge is 0.493 e. The molecular formula is C19H15N3O3S. The summed E-state index contributed by atoms with van der Waals surface area (Å²) in [5, 5.41) is 8.30. The molecule has 0 unspecified atom stereocenters. The zero-order chi connectivity index (χ0) is 18.1. The van der Waals surface area contributed by atoms with Gasteiger partial charge in [0.15, 0.2) is 17.3 Å². The van der Waals surface area contributed by atoms with Crippen LogP contribution in [-0.2, 0) is 0 Å². The van der Waals surface area contributed by atoms with Crippen molar-refractivity contribution in [2.45, 2.75) is 0 Å². The summed E-state index contributed by atoms with van der Waals surface area (Å²) in [7, 11) is 3.17. The number of hydrogen-bond acceptors (Lipinski definition) is 6. The van der Waals surface area contributed by atoms with Crippen molar-refractivity contribution >= 4 is 22.4 Å². The van der Waals surface area contributed by atoms with E-state index >= 15 is 0 Å². The molecule has 0 fully saturated rings. The van der Waals surface area contributed by atoms with Crippen molar-refractivity contribution in [3.05, 3.63) is 69.0 Å². The first kappa shape index (κ1) is 16.3. The van der Waals surface area contributed by atoms with Gasteiger partial charge in [-0.15, -0.1) is 10.2 Å². The molecule has 0 bridgehead atoms. The number of benzene rings is 2. The normalized spacial score (nSPS) is 11.8. The smallest absolute Gasteiger partial charge is 0.276 e. The van der Waals surface area contributed by atoms with E-state index in [4.69, 9.17) is 9.47 Å². The molecule has 4 aromatic rings. The molecule has 0 aliphatic heterocycles. The molecule has 0 radical (unpaired) electrons. The molecule has 4 rings (SSSR count). The summed E-state index contributed by atoms with van der Waals surface area (Å²) in [5.74, 6) is 1.80. The molecule has 7 heteroatoms. The Bertz CT molecular complexity index is 1180. The van der Waals surface area contributed by atoms with Crippen LogP contribution >= 0.6 is 11.3 Å². The van der Waals surface area contributed by atoms with Gasteiger partial charge >= 0.3 is 0 Å². The van der Waals surface area contributed by atoms with Crippen LogP contribution in [-0.4, -0.2) is 28.8 Å². The average molecular weight is 365 g/mol. The fourth-order valence-electron chi connectivity index (χ4n) is 2.73. The van der Waals surface area contributed by atoms with Crippen LogP contribution in [0.5, 0.6) is 11.5 Å². The van der Waals surface area contributed by atoms with Crippen molar-refractivity contribution in [3.63, 3.8) is 0 Å². The van der Waals surface area contributed by atoms with Gasteiger partial charge in [-0.3, -0.25) is 4.79 Å². The number of ether oxygens (including phenoxy) is 2. The predicted molar refractivity (Wildman–Crippen MR) is 101 cm³/mol. The quantitative estimate of drug-likeness (QED) is 0.556. The van der Waals surface area contributed by atoms with Crippen molar-refractivity contribution < 1.29 is 9.47 Å². The zero-order valence-corrected chi connectivity index (χ0v) is 15.0. The molecule has 26 heavy (non-hydrogen) atoms. The maximum atomic E-state index is 12.9. The van der Waals surface area contributed by atoms with E-state index in [-0.39, 0.29) is 5.56 Å². The molecule has 130 valence electrons. The highest BCUT2D eigenvalue weighted by Crippen LogP contribution is 2.27. The molecule has 0 N–H and O–H groups in total. The minimum absolute atomic E-state index is 0.136. The Kier molecular flexibility index (Phi) is 4.14. The molecule has 2 heterocycles. The van der Waals surface area contributed by atoms with E-state index in [9.17, 15) is 4.79 Å². The van der Waals surface area contributed by atoms with Gasteiger partial charge in [-0.2, -0.15) is 0 Å². The summed E-state index contributed by atoms with van der Waals surface area (Å²) < 4.78 is 12.7. The van der Waals surface area contributed by atoms with Gasteiger partial charge in [-0.25, -0.2) is 4.40 Å². The number of aromatic nitrogens is 3. The summed E-state index contributed by atoms with van der Waals surface area (Å²) in [5.41, 5.74) is 1.56. The third kappa shape index (κ3) is 2.72. The summed E-state index contributed by atoms with van der Waals surface area (Å²) >= 11 is 1.31. The van der Waals surface area contributed by atoms with Gasteiger partial charge in [0, 0.05) is 5.56 Å². The lowest BCUT2D eigenvalue weighted by Crippen LogP contribution is -2.23. The Labute approximate surface area is 153 Å². The first-order valence-electron chi connectivity index (χ1n) is 7.88. The van der Waals surface area contributed by atoms with Crippen molar-refractivity contribution in [3.8, 4) is 22.9 Å². The summed E-state index contributed by atoms with van der Waals surface area (Å²) in [6, 6.07) is 15.1. The molecule has 2 aromatic carbocycles. The zero-order valence-electron chi connectivity index (χ0n) is 14.2. The van der Waals surface area contributed by atoms with Crippen LogP contribution in [0.25, 0.3) is 22.4 Å². The minimum Gasteiger partial charge on any atom is -0.493 e. The van der Waals surface area contributed by atoms with E-state index in [0.29, 0.717) is 26.8 Å². The molecule has 0 amide bonds. The molecule has 0 atom stereocenters. The SMILES string of the molecule is COc1ccc(/C=c2\sc3nnc(-c4ccccc4)n3c2=O)cc1OC. The van der Waals surface area contributed by atoms with Gasteiger partial charge in [-0.1, -0.05) is 47.7 Å². The first-order chi connectivity index (χ1) is 12.7. The predicted octanol–water partition coefficient (Wildman–Crippen LogP) is 2.38. The summed E-state index contributed by atoms with van der Waals surface area (Å²) in [6.45, 7) is 0. The third-order valence-corrected chi connectivity index (χ3v) is 4.95. The third-order valence-electron chi connectivity index (χ3n) is 3.99. The second-order valence-electron chi connectivity index (χ2n) is 5.54. The maximum Gasteiger partial charge on any atom is 0.276 e. The number of rotatable bonds is 4. The second-order valence-corrected chi connectivity index (χ2v) is 6.55. The maximum absolute atomic E-state index is 12.9. The van der Waals surface area contributed by atoms with Gasteiger partial charge in [0.1, 0.15) is 0 Å². The highest BCUT2D eigenvalue weighted by molar-refractivity contribution is 7.15. The molecule has 0 saturated carbocycles. The Balaban J connectivity index is 1.86. The van der Waals surface area contributed by atoms with Crippen LogP contribution in [0.1, 0.15) is 5.56 Å². The lowest BCUT2D eigenvalue weighted by atomic mass is 10.2. The number of thiazole rings is 1. The lowest BCUT2D eigenvalue weighted by molar-refractivity contribution is 0.355. The van der Waals surface area contributed by atoms with E-state index in [1.807, 2.05) is 54.6 Å². The Morgan fingerprint density at radius 1 is 1.00 bits per heavy atom.